The van der Waals surface area contributed by atoms with Crippen LogP contribution in [0.2, 0.25) is 0 Å². The summed E-state index contributed by atoms with van der Waals surface area (Å²) in [5.41, 5.74) is 5.37. The maximum Gasteiger partial charge on any atom is 0.234 e. The molecule has 0 saturated carbocycles. The minimum Gasteiger partial charge on any atom is -0.368 e. The number of hydrogen-bond acceptors (Lipinski definition) is 2. The second-order valence-corrected chi connectivity index (χ2v) is 4.80. The average molecular weight is 184 g/mol. The van der Waals surface area contributed by atoms with Crippen molar-refractivity contribution in [3.8, 4) is 0 Å². The first-order valence-electron chi connectivity index (χ1n) is 5.00. The van der Waals surface area contributed by atoms with Gasteiger partial charge < -0.3 is 11.1 Å². The monoisotopic (exact) mass is 184 g/mol. The van der Waals surface area contributed by atoms with Gasteiger partial charge in [0.05, 0.1) is 6.04 Å². The number of hydrogen-bond donors (Lipinski definition) is 2. The number of nitrogens with two attached hydrogens (primary N) is 1. The summed E-state index contributed by atoms with van der Waals surface area (Å²) in [6.45, 7) is 6.57. The van der Waals surface area contributed by atoms with E-state index in [-0.39, 0.29) is 17.5 Å². The Hall–Kier alpha value is -0.570. The highest BCUT2D eigenvalue weighted by molar-refractivity contribution is 5.80. The smallest absolute Gasteiger partial charge is 0.234 e. The standard InChI is InChI=1S/C10H20N2O/c1-7(2)6-10(3)5-4-8(12-10)9(11)13/h7-8,12H,4-6H2,1-3H3,(H2,11,13). The SMILES string of the molecule is CC(C)CC1(C)CCC(C(N)=O)N1. The van der Waals surface area contributed by atoms with E-state index in [9.17, 15) is 4.79 Å². The second kappa shape index (κ2) is 3.66. The Bertz CT molecular complexity index is 203. The molecular formula is C10H20N2O. The fourth-order valence-corrected chi connectivity index (χ4v) is 2.30. The van der Waals surface area contributed by atoms with Gasteiger partial charge in [-0.25, -0.2) is 0 Å². The van der Waals surface area contributed by atoms with E-state index in [0.29, 0.717) is 5.92 Å². The fraction of sp³-hybridized carbons (Fsp3) is 0.900. The summed E-state index contributed by atoms with van der Waals surface area (Å²) in [6, 6.07) is -0.108. The molecule has 1 amide bonds. The molecule has 0 aromatic carbocycles. The maximum atomic E-state index is 10.9. The lowest BCUT2D eigenvalue weighted by atomic mass is 9.90. The van der Waals surface area contributed by atoms with Gasteiger partial charge in [0.15, 0.2) is 0 Å². The number of carbonyl (C=O) groups excluding carboxylic acids is 1. The predicted molar refractivity (Wildman–Crippen MR) is 53.2 cm³/mol. The quantitative estimate of drug-likeness (QED) is 0.688. The van der Waals surface area contributed by atoms with E-state index < -0.39 is 0 Å². The molecule has 1 heterocycles. The molecule has 0 radical (unpaired) electrons. The van der Waals surface area contributed by atoms with Gasteiger partial charge in [0.2, 0.25) is 5.91 Å². The molecule has 0 bridgehead atoms. The largest absolute Gasteiger partial charge is 0.368 e. The average Bonchev–Trinajstić information content (AvgIpc) is 2.29. The molecule has 1 rings (SSSR count). The second-order valence-electron chi connectivity index (χ2n) is 4.80. The summed E-state index contributed by atoms with van der Waals surface area (Å²) in [5, 5.41) is 3.32. The summed E-state index contributed by atoms with van der Waals surface area (Å²) >= 11 is 0. The van der Waals surface area contributed by atoms with Crippen molar-refractivity contribution in [3.05, 3.63) is 0 Å². The number of nitrogens with one attached hydrogen (secondary N) is 1. The van der Waals surface area contributed by atoms with Crippen molar-refractivity contribution >= 4 is 5.91 Å². The molecule has 0 spiro atoms. The Morgan fingerprint density at radius 2 is 2.31 bits per heavy atom. The van der Waals surface area contributed by atoms with Crippen molar-refractivity contribution in [2.45, 2.75) is 51.6 Å². The van der Waals surface area contributed by atoms with Crippen LogP contribution in [0.1, 0.15) is 40.0 Å². The highest BCUT2D eigenvalue weighted by Crippen LogP contribution is 2.28. The highest BCUT2D eigenvalue weighted by atomic mass is 16.1. The van der Waals surface area contributed by atoms with Gasteiger partial charge in [-0.1, -0.05) is 13.8 Å². The molecular weight excluding hydrogens is 164 g/mol. The fourth-order valence-electron chi connectivity index (χ4n) is 2.30. The zero-order chi connectivity index (χ0) is 10.1. The normalized spacial score (nSPS) is 34.0. The first-order chi connectivity index (χ1) is 5.93. The van der Waals surface area contributed by atoms with Crippen molar-refractivity contribution in [2.24, 2.45) is 11.7 Å². The Kier molecular flexibility index (Phi) is 2.96. The van der Waals surface area contributed by atoms with E-state index in [1.54, 1.807) is 0 Å². The highest BCUT2D eigenvalue weighted by Gasteiger charge is 2.36. The minimum atomic E-state index is -0.215. The van der Waals surface area contributed by atoms with Crippen LogP contribution in [0.3, 0.4) is 0 Å². The van der Waals surface area contributed by atoms with Gasteiger partial charge in [-0.05, 0) is 32.1 Å². The van der Waals surface area contributed by atoms with Crippen LogP contribution in [0.5, 0.6) is 0 Å². The van der Waals surface area contributed by atoms with Gasteiger partial charge in [0, 0.05) is 5.54 Å². The molecule has 2 unspecified atom stereocenters. The first kappa shape index (κ1) is 10.5. The first-order valence-corrected chi connectivity index (χ1v) is 5.00. The number of carbonyl (C=O) groups is 1. The third-order valence-corrected chi connectivity index (χ3v) is 2.71. The Morgan fingerprint density at radius 3 is 2.69 bits per heavy atom. The van der Waals surface area contributed by atoms with Crippen LogP contribution in [0.25, 0.3) is 0 Å². The van der Waals surface area contributed by atoms with Crippen LogP contribution in [-0.2, 0) is 4.79 Å². The van der Waals surface area contributed by atoms with Crippen LogP contribution in [-0.4, -0.2) is 17.5 Å². The van der Waals surface area contributed by atoms with Crippen molar-refractivity contribution in [3.63, 3.8) is 0 Å². The van der Waals surface area contributed by atoms with Crippen LogP contribution in [0.15, 0.2) is 0 Å². The van der Waals surface area contributed by atoms with Gasteiger partial charge in [-0.15, -0.1) is 0 Å². The molecule has 1 aliphatic heterocycles. The van der Waals surface area contributed by atoms with Gasteiger partial charge in [-0.3, -0.25) is 4.79 Å². The van der Waals surface area contributed by atoms with Gasteiger partial charge in [-0.2, -0.15) is 0 Å². The summed E-state index contributed by atoms with van der Waals surface area (Å²) in [6.07, 6.45) is 3.05. The Labute approximate surface area is 80.1 Å². The molecule has 1 fully saturated rings. The van der Waals surface area contributed by atoms with Gasteiger partial charge in [0.1, 0.15) is 0 Å². The van der Waals surface area contributed by atoms with E-state index in [4.69, 9.17) is 5.73 Å². The van der Waals surface area contributed by atoms with Crippen LogP contribution < -0.4 is 11.1 Å². The van der Waals surface area contributed by atoms with Crippen molar-refractivity contribution < 1.29 is 4.79 Å². The summed E-state index contributed by atoms with van der Waals surface area (Å²) in [4.78, 5) is 10.9. The zero-order valence-electron chi connectivity index (χ0n) is 8.76. The Morgan fingerprint density at radius 1 is 1.69 bits per heavy atom. The number of rotatable bonds is 3. The van der Waals surface area contributed by atoms with Crippen LogP contribution in [0, 0.1) is 5.92 Å². The molecule has 2 atom stereocenters. The lowest BCUT2D eigenvalue weighted by molar-refractivity contribution is -0.119. The van der Waals surface area contributed by atoms with Crippen molar-refractivity contribution in [2.75, 3.05) is 0 Å². The van der Waals surface area contributed by atoms with Gasteiger partial charge >= 0.3 is 0 Å². The molecule has 3 nitrogen and oxygen atoms in total. The number of primary amides is 1. The third kappa shape index (κ3) is 2.69. The predicted octanol–water partition coefficient (Wildman–Crippen LogP) is 1.03. The lowest BCUT2D eigenvalue weighted by Gasteiger charge is -2.27. The lowest BCUT2D eigenvalue weighted by Crippen LogP contribution is -2.46. The van der Waals surface area contributed by atoms with E-state index >= 15 is 0 Å². The molecule has 0 aromatic rings. The number of amides is 1. The molecule has 76 valence electrons. The maximum absolute atomic E-state index is 10.9. The van der Waals surface area contributed by atoms with Crippen molar-refractivity contribution in [1.29, 1.82) is 0 Å². The summed E-state index contributed by atoms with van der Waals surface area (Å²) in [7, 11) is 0. The molecule has 3 N–H and O–H groups in total. The summed E-state index contributed by atoms with van der Waals surface area (Å²) < 4.78 is 0. The molecule has 1 aliphatic rings. The van der Waals surface area contributed by atoms with E-state index in [2.05, 4.69) is 26.1 Å². The van der Waals surface area contributed by atoms with E-state index in [0.717, 1.165) is 19.3 Å². The molecule has 0 aromatic heterocycles. The molecule has 13 heavy (non-hydrogen) atoms. The molecule has 3 heteroatoms. The van der Waals surface area contributed by atoms with Crippen LogP contribution >= 0.6 is 0 Å². The third-order valence-electron chi connectivity index (χ3n) is 2.71. The zero-order valence-corrected chi connectivity index (χ0v) is 8.76. The topological polar surface area (TPSA) is 55.1 Å². The summed E-state index contributed by atoms with van der Waals surface area (Å²) in [5.74, 6) is 0.441. The molecule has 1 saturated heterocycles. The van der Waals surface area contributed by atoms with Crippen LogP contribution in [0.4, 0.5) is 0 Å². The Balaban J connectivity index is 2.51. The van der Waals surface area contributed by atoms with E-state index in [1.807, 2.05) is 0 Å². The van der Waals surface area contributed by atoms with Gasteiger partial charge in [0.25, 0.3) is 0 Å². The minimum absolute atomic E-state index is 0.108. The van der Waals surface area contributed by atoms with E-state index in [1.165, 1.54) is 0 Å². The molecule has 0 aliphatic carbocycles. The van der Waals surface area contributed by atoms with Crippen molar-refractivity contribution in [1.82, 2.24) is 5.32 Å².